The second kappa shape index (κ2) is 6.30. The van der Waals surface area contributed by atoms with Crippen LogP contribution in [0.4, 0.5) is 5.69 Å². The lowest BCUT2D eigenvalue weighted by Crippen LogP contribution is -2.39. The molecule has 1 aliphatic heterocycles. The summed E-state index contributed by atoms with van der Waals surface area (Å²) in [5, 5.41) is 10.9. The predicted molar refractivity (Wildman–Crippen MR) is 90.0 cm³/mol. The molecule has 0 bridgehead atoms. The minimum Gasteiger partial charge on any atom is -0.439 e. The number of fused-ring (bicyclic) bond motifs is 1. The van der Waals surface area contributed by atoms with Crippen LogP contribution < -0.4 is 0 Å². The molecular weight excluding hydrogens is 324 g/mol. The number of nitro benzene ring substituents is 1. The van der Waals surface area contributed by atoms with Gasteiger partial charge in [-0.15, -0.1) is 0 Å². The fourth-order valence-electron chi connectivity index (χ4n) is 3.24. The zero-order valence-corrected chi connectivity index (χ0v) is 13.8. The van der Waals surface area contributed by atoms with Crippen molar-refractivity contribution in [3.05, 3.63) is 58.2 Å². The molecule has 25 heavy (non-hydrogen) atoms. The normalized spacial score (nSPS) is 18.7. The Morgan fingerprint density at radius 3 is 3.04 bits per heavy atom. The first-order valence-electron chi connectivity index (χ1n) is 8.09. The number of hydrogen-bond acceptors (Lipinski definition) is 6. The fraction of sp³-hybridized carbons (Fsp3) is 0.353. The van der Waals surface area contributed by atoms with Gasteiger partial charge in [-0.3, -0.25) is 15.0 Å². The highest BCUT2D eigenvalue weighted by Gasteiger charge is 2.27. The SMILES string of the molecule is Cn1cccc1[C@H]1COCCN1Cc1nc2cc([N+](=O)[O-])ccc2o1. The number of hydrogen-bond donors (Lipinski definition) is 0. The lowest BCUT2D eigenvalue weighted by atomic mass is 10.1. The first-order chi connectivity index (χ1) is 12.1. The third-order valence-electron chi connectivity index (χ3n) is 4.53. The number of oxazole rings is 1. The van der Waals surface area contributed by atoms with E-state index in [0.29, 0.717) is 36.7 Å². The van der Waals surface area contributed by atoms with Crippen molar-refractivity contribution in [2.45, 2.75) is 12.6 Å². The van der Waals surface area contributed by atoms with Crippen molar-refractivity contribution < 1.29 is 14.1 Å². The van der Waals surface area contributed by atoms with Gasteiger partial charge >= 0.3 is 0 Å². The summed E-state index contributed by atoms with van der Waals surface area (Å²) >= 11 is 0. The van der Waals surface area contributed by atoms with E-state index in [0.717, 1.165) is 6.54 Å². The molecule has 130 valence electrons. The van der Waals surface area contributed by atoms with E-state index < -0.39 is 4.92 Å². The first-order valence-corrected chi connectivity index (χ1v) is 8.09. The number of nitrogens with zero attached hydrogens (tertiary/aromatic N) is 4. The average Bonchev–Trinajstić information content (AvgIpc) is 3.20. The second-order valence-electron chi connectivity index (χ2n) is 6.12. The number of rotatable bonds is 4. The van der Waals surface area contributed by atoms with Gasteiger partial charge in [-0.2, -0.15) is 0 Å². The topological polar surface area (TPSA) is 86.6 Å². The quantitative estimate of drug-likeness (QED) is 0.535. The van der Waals surface area contributed by atoms with Crippen LogP contribution in [0.3, 0.4) is 0 Å². The molecule has 0 amide bonds. The molecule has 0 aliphatic carbocycles. The lowest BCUT2D eigenvalue weighted by Gasteiger charge is -2.34. The van der Waals surface area contributed by atoms with Gasteiger partial charge in [0.2, 0.25) is 5.89 Å². The zero-order valence-electron chi connectivity index (χ0n) is 13.8. The van der Waals surface area contributed by atoms with Gasteiger partial charge in [0.25, 0.3) is 5.69 Å². The van der Waals surface area contributed by atoms with Crippen LogP contribution >= 0.6 is 0 Å². The second-order valence-corrected chi connectivity index (χ2v) is 6.12. The van der Waals surface area contributed by atoms with Crippen LogP contribution in [-0.4, -0.2) is 39.1 Å². The van der Waals surface area contributed by atoms with Crippen molar-refractivity contribution in [2.75, 3.05) is 19.8 Å². The van der Waals surface area contributed by atoms with E-state index in [2.05, 4.69) is 20.5 Å². The molecule has 1 aliphatic rings. The molecule has 1 aromatic carbocycles. The predicted octanol–water partition coefficient (Wildman–Crippen LogP) is 2.65. The number of ether oxygens (including phenoxy) is 1. The number of non-ortho nitro benzene ring substituents is 1. The summed E-state index contributed by atoms with van der Waals surface area (Å²) in [7, 11) is 2.01. The molecule has 1 saturated heterocycles. The number of aryl methyl sites for hydroxylation is 1. The standard InChI is InChI=1S/C17H18N4O4/c1-19-6-2-3-14(19)15-11-24-8-7-20(15)10-17-18-13-9-12(21(22)23)4-5-16(13)25-17/h2-6,9,15H,7-8,10-11H2,1H3/t15-/m1/s1. The molecule has 0 radical (unpaired) electrons. The lowest BCUT2D eigenvalue weighted by molar-refractivity contribution is -0.384. The van der Waals surface area contributed by atoms with Crippen molar-refractivity contribution in [1.29, 1.82) is 0 Å². The van der Waals surface area contributed by atoms with Gasteiger partial charge in [-0.05, 0) is 18.2 Å². The van der Waals surface area contributed by atoms with Gasteiger partial charge in [-0.1, -0.05) is 0 Å². The van der Waals surface area contributed by atoms with E-state index in [-0.39, 0.29) is 11.7 Å². The van der Waals surface area contributed by atoms with E-state index in [4.69, 9.17) is 9.15 Å². The summed E-state index contributed by atoms with van der Waals surface area (Å²) in [5.74, 6) is 0.552. The summed E-state index contributed by atoms with van der Waals surface area (Å²) in [4.78, 5) is 17.2. The van der Waals surface area contributed by atoms with Crippen molar-refractivity contribution in [3.8, 4) is 0 Å². The summed E-state index contributed by atoms with van der Waals surface area (Å²) in [6.07, 6.45) is 2.01. The molecule has 3 heterocycles. The van der Waals surface area contributed by atoms with Gasteiger partial charge in [-0.25, -0.2) is 4.98 Å². The van der Waals surface area contributed by atoms with E-state index >= 15 is 0 Å². The van der Waals surface area contributed by atoms with Gasteiger partial charge in [0, 0.05) is 37.6 Å². The average molecular weight is 342 g/mol. The molecule has 1 atom stereocenters. The molecule has 4 rings (SSSR count). The molecule has 2 aromatic heterocycles. The van der Waals surface area contributed by atoms with Crippen LogP contribution in [0.5, 0.6) is 0 Å². The summed E-state index contributed by atoms with van der Waals surface area (Å²) in [6.45, 7) is 2.58. The summed E-state index contributed by atoms with van der Waals surface area (Å²) < 4.78 is 13.5. The van der Waals surface area contributed by atoms with Crippen molar-refractivity contribution in [2.24, 2.45) is 7.05 Å². The molecule has 0 N–H and O–H groups in total. The number of nitro groups is 1. The van der Waals surface area contributed by atoms with E-state index in [1.165, 1.54) is 17.8 Å². The van der Waals surface area contributed by atoms with Crippen LogP contribution in [0.2, 0.25) is 0 Å². The Labute approximate surface area is 143 Å². The Hall–Kier alpha value is -2.71. The molecule has 0 unspecified atom stereocenters. The maximum Gasteiger partial charge on any atom is 0.271 e. The largest absolute Gasteiger partial charge is 0.439 e. The molecule has 8 heteroatoms. The Kier molecular flexibility index (Phi) is 3.98. The highest BCUT2D eigenvalue weighted by atomic mass is 16.6. The summed E-state index contributed by atoms with van der Waals surface area (Å²) in [5.41, 5.74) is 2.25. The number of aromatic nitrogens is 2. The van der Waals surface area contributed by atoms with Gasteiger partial charge < -0.3 is 13.7 Å². The maximum atomic E-state index is 10.9. The van der Waals surface area contributed by atoms with E-state index in [1.807, 2.05) is 19.3 Å². The molecule has 0 spiro atoms. The monoisotopic (exact) mass is 342 g/mol. The highest BCUT2D eigenvalue weighted by Crippen LogP contribution is 2.27. The third-order valence-corrected chi connectivity index (χ3v) is 4.53. The molecule has 0 saturated carbocycles. The molecule has 8 nitrogen and oxygen atoms in total. The Bertz CT molecular complexity index is 916. The third kappa shape index (κ3) is 3.01. The Morgan fingerprint density at radius 2 is 2.28 bits per heavy atom. The Balaban J connectivity index is 1.60. The Morgan fingerprint density at radius 1 is 1.40 bits per heavy atom. The van der Waals surface area contributed by atoms with Crippen molar-refractivity contribution in [1.82, 2.24) is 14.5 Å². The minimum absolute atomic E-state index is 0.0143. The van der Waals surface area contributed by atoms with Gasteiger partial charge in [0.15, 0.2) is 5.58 Å². The van der Waals surface area contributed by atoms with Crippen molar-refractivity contribution >= 4 is 16.8 Å². The zero-order chi connectivity index (χ0) is 17.4. The smallest absolute Gasteiger partial charge is 0.271 e. The number of benzene rings is 1. The van der Waals surface area contributed by atoms with Crippen LogP contribution in [-0.2, 0) is 18.3 Å². The van der Waals surface area contributed by atoms with Gasteiger partial charge in [0.05, 0.1) is 30.7 Å². The molecule has 1 fully saturated rings. The van der Waals surface area contributed by atoms with Crippen molar-refractivity contribution in [3.63, 3.8) is 0 Å². The van der Waals surface area contributed by atoms with Crippen LogP contribution in [0, 0.1) is 10.1 Å². The fourth-order valence-corrected chi connectivity index (χ4v) is 3.24. The van der Waals surface area contributed by atoms with Crippen LogP contribution in [0.1, 0.15) is 17.6 Å². The minimum atomic E-state index is -0.429. The first kappa shape index (κ1) is 15.8. The van der Waals surface area contributed by atoms with Crippen LogP contribution in [0.15, 0.2) is 40.9 Å². The molecular formula is C17H18N4O4. The summed E-state index contributed by atoms with van der Waals surface area (Å²) in [6, 6.07) is 8.69. The van der Waals surface area contributed by atoms with Gasteiger partial charge in [0.1, 0.15) is 5.52 Å². The number of morpholine rings is 1. The van der Waals surface area contributed by atoms with Crippen LogP contribution in [0.25, 0.3) is 11.1 Å². The van der Waals surface area contributed by atoms with E-state index in [9.17, 15) is 10.1 Å². The maximum absolute atomic E-state index is 10.9. The highest BCUT2D eigenvalue weighted by molar-refractivity contribution is 5.75. The van der Waals surface area contributed by atoms with E-state index in [1.54, 1.807) is 6.07 Å². The molecule has 3 aromatic rings.